The van der Waals surface area contributed by atoms with Gasteiger partial charge in [0.05, 0.1) is 10.9 Å². The highest BCUT2D eigenvalue weighted by Crippen LogP contribution is 2.22. The number of sulfonamides is 1. The van der Waals surface area contributed by atoms with Crippen LogP contribution < -0.4 is 5.14 Å². The van der Waals surface area contributed by atoms with Crippen LogP contribution in [0.15, 0.2) is 24.4 Å². The van der Waals surface area contributed by atoms with Gasteiger partial charge in [0.25, 0.3) is 0 Å². The molecule has 0 aromatic carbocycles. The van der Waals surface area contributed by atoms with Crippen LogP contribution in [0.2, 0.25) is 5.15 Å². The van der Waals surface area contributed by atoms with Gasteiger partial charge in [-0.1, -0.05) is 17.7 Å². The molecule has 1 fully saturated rings. The van der Waals surface area contributed by atoms with Gasteiger partial charge in [-0.05, 0) is 31.5 Å². The van der Waals surface area contributed by atoms with Crippen LogP contribution in [0, 0.1) is 0 Å². The summed E-state index contributed by atoms with van der Waals surface area (Å²) < 4.78 is 25.0. The molecule has 1 atom stereocenters. The fourth-order valence-electron chi connectivity index (χ4n) is 2.80. The topological polar surface area (TPSA) is 80.7 Å². The minimum atomic E-state index is -3.49. The first kappa shape index (κ1) is 14.8. The highest BCUT2D eigenvalue weighted by molar-refractivity contribution is 7.89. The fraction of sp³-hybridized carbons (Fsp3) is 0.462. The van der Waals surface area contributed by atoms with Gasteiger partial charge in [-0.2, -0.15) is 0 Å². The largest absolute Gasteiger partial charge is 0.301 e. The van der Waals surface area contributed by atoms with E-state index < -0.39 is 15.3 Å². The van der Waals surface area contributed by atoms with Gasteiger partial charge in [0.15, 0.2) is 5.15 Å². The number of hydrogen-bond acceptors (Lipinski definition) is 4. The molecule has 8 heteroatoms. The van der Waals surface area contributed by atoms with Crippen LogP contribution >= 0.6 is 11.6 Å². The highest BCUT2D eigenvalue weighted by Gasteiger charge is 2.28. The monoisotopic (exact) mass is 328 g/mol. The Morgan fingerprint density at radius 1 is 1.43 bits per heavy atom. The third-order valence-corrected chi connectivity index (χ3v) is 5.50. The Kier molecular flexibility index (Phi) is 3.92. The maximum atomic E-state index is 11.5. The minimum Gasteiger partial charge on any atom is -0.301 e. The van der Waals surface area contributed by atoms with Crippen LogP contribution in [-0.4, -0.2) is 41.0 Å². The molecule has 114 valence electrons. The number of hydrogen-bond donors (Lipinski definition) is 1. The van der Waals surface area contributed by atoms with E-state index in [9.17, 15) is 8.42 Å². The number of likely N-dealkylation sites (tertiary alicyclic amines) is 1. The Balaban J connectivity index is 1.84. The maximum Gasteiger partial charge on any atom is 0.213 e. The molecular formula is C13H17ClN4O2S. The van der Waals surface area contributed by atoms with E-state index in [2.05, 4.69) is 9.88 Å². The number of aromatic nitrogens is 2. The summed E-state index contributed by atoms with van der Waals surface area (Å²) in [4.78, 5) is 6.38. The standard InChI is InChI=1S/C13H17ClN4O2S/c14-13-11(18-7-2-1-5-12(18)16-13)9-17-6-3-4-10(8-17)21(15,19)20/h1-2,5,7,10H,3-4,6,8-9H2,(H2,15,19,20). The van der Waals surface area contributed by atoms with Gasteiger partial charge >= 0.3 is 0 Å². The van der Waals surface area contributed by atoms with E-state index in [-0.39, 0.29) is 0 Å². The maximum absolute atomic E-state index is 11.5. The highest BCUT2D eigenvalue weighted by atomic mass is 35.5. The van der Waals surface area contributed by atoms with Gasteiger partial charge in [-0.25, -0.2) is 18.5 Å². The van der Waals surface area contributed by atoms with Crippen molar-refractivity contribution in [1.82, 2.24) is 14.3 Å². The summed E-state index contributed by atoms with van der Waals surface area (Å²) in [6.45, 7) is 1.84. The zero-order valence-corrected chi connectivity index (χ0v) is 13.0. The number of halogens is 1. The van der Waals surface area contributed by atoms with Crippen LogP contribution in [0.5, 0.6) is 0 Å². The molecule has 0 spiro atoms. The lowest BCUT2D eigenvalue weighted by atomic mass is 10.1. The number of rotatable bonds is 3. The summed E-state index contributed by atoms with van der Waals surface area (Å²) in [7, 11) is -3.49. The second-order valence-corrected chi connectivity index (χ2v) is 7.57. The van der Waals surface area contributed by atoms with Gasteiger partial charge in [0.2, 0.25) is 10.0 Å². The van der Waals surface area contributed by atoms with Crippen molar-refractivity contribution in [2.45, 2.75) is 24.6 Å². The molecule has 0 saturated carbocycles. The SMILES string of the molecule is NS(=O)(=O)C1CCCN(Cc2c(Cl)nc3ccccn23)C1. The van der Waals surface area contributed by atoms with E-state index in [4.69, 9.17) is 16.7 Å². The average Bonchev–Trinajstić information content (AvgIpc) is 2.75. The Labute approximate surface area is 128 Å². The minimum absolute atomic E-state index is 0.440. The molecule has 6 nitrogen and oxygen atoms in total. The summed E-state index contributed by atoms with van der Waals surface area (Å²) in [6, 6.07) is 5.71. The van der Waals surface area contributed by atoms with E-state index in [1.54, 1.807) is 0 Å². The molecule has 0 aliphatic carbocycles. The summed E-state index contributed by atoms with van der Waals surface area (Å²) in [5.74, 6) is 0. The lowest BCUT2D eigenvalue weighted by Crippen LogP contribution is -2.44. The zero-order valence-electron chi connectivity index (χ0n) is 11.4. The first-order valence-corrected chi connectivity index (χ1v) is 8.79. The van der Waals surface area contributed by atoms with E-state index in [1.165, 1.54) is 0 Å². The summed E-state index contributed by atoms with van der Waals surface area (Å²) >= 11 is 6.21. The fourth-order valence-corrected chi connectivity index (χ4v) is 3.95. The third kappa shape index (κ3) is 3.06. The number of imidazole rings is 1. The van der Waals surface area contributed by atoms with Crippen molar-refractivity contribution in [3.05, 3.63) is 35.2 Å². The van der Waals surface area contributed by atoms with E-state index >= 15 is 0 Å². The van der Waals surface area contributed by atoms with Crippen LogP contribution in [0.25, 0.3) is 5.65 Å². The first-order chi connectivity index (χ1) is 9.95. The van der Waals surface area contributed by atoms with Crippen LogP contribution in [-0.2, 0) is 16.6 Å². The second-order valence-electron chi connectivity index (χ2n) is 5.37. The van der Waals surface area contributed by atoms with Crippen molar-refractivity contribution >= 4 is 27.3 Å². The van der Waals surface area contributed by atoms with Crippen molar-refractivity contribution in [1.29, 1.82) is 0 Å². The molecule has 2 N–H and O–H groups in total. The molecule has 0 bridgehead atoms. The first-order valence-electron chi connectivity index (χ1n) is 6.80. The number of primary sulfonamides is 1. The van der Waals surface area contributed by atoms with E-state index in [1.807, 2.05) is 28.8 Å². The van der Waals surface area contributed by atoms with Crippen molar-refractivity contribution in [3.8, 4) is 0 Å². The Morgan fingerprint density at radius 2 is 2.24 bits per heavy atom. The number of pyridine rings is 1. The molecule has 0 radical (unpaired) electrons. The lowest BCUT2D eigenvalue weighted by molar-refractivity contribution is 0.219. The molecule has 3 heterocycles. The molecule has 3 rings (SSSR count). The molecule has 2 aromatic rings. The number of piperidine rings is 1. The zero-order chi connectivity index (χ0) is 15.0. The molecule has 0 amide bonds. The molecule has 1 saturated heterocycles. The number of nitrogens with zero attached hydrogens (tertiary/aromatic N) is 3. The van der Waals surface area contributed by atoms with Gasteiger partial charge < -0.3 is 4.40 Å². The third-order valence-electron chi connectivity index (χ3n) is 3.88. The number of fused-ring (bicyclic) bond motifs is 1. The van der Waals surface area contributed by atoms with Gasteiger partial charge in [-0.15, -0.1) is 0 Å². The smallest absolute Gasteiger partial charge is 0.213 e. The van der Waals surface area contributed by atoms with Gasteiger partial charge in [0.1, 0.15) is 5.65 Å². The van der Waals surface area contributed by atoms with Gasteiger partial charge in [-0.3, -0.25) is 4.90 Å². The van der Waals surface area contributed by atoms with Crippen molar-refractivity contribution < 1.29 is 8.42 Å². The average molecular weight is 329 g/mol. The predicted molar refractivity (Wildman–Crippen MR) is 81.6 cm³/mol. The number of nitrogens with two attached hydrogens (primary N) is 1. The lowest BCUT2D eigenvalue weighted by Gasteiger charge is -2.31. The summed E-state index contributed by atoms with van der Waals surface area (Å²) in [5, 5.41) is 5.23. The molecular weight excluding hydrogens is 312 g/mol. The van der Waals surface area contributed by atoms with Crippen LogP contribution in [0.4, 0.5) is 0 Å². The molecule has 1 unspecified atom stereocenters. The van der Waals surface area contributed by atoms with Crippen LogP contribution in [0.3, 0.4) is 0 Å². The second kappa shape index (κ2) is 5.57. The quantitative estimate of drug-likeness (QED) is 0.919. The molecule has 1 aliphatic rings. The van der Waals surface area contributed by atoms with E-state index in [0.717, 1.165) is 24.3 Å². The molecule has 1 aliphatic heterocycles. The molecule has 21 heavy (non-hydrogen) atoms. The summed E-state index contributed by atoms with van der Waals surface area (Å²) in [6.07, 6.45) is 3.34. The summed E-state index contributed by atoms with van der Waals surface area (Å²) in [5.41, 5.74) is 1.67. The van der Waals surface area contributed by atoms with Gasteiger partial charge in [0, 0.05) is 19.3 Å². The van der Waals surface area contributed by atoms with Crippen molar-refractivity contribution in [3.63, 3.8) is 0 Å². The normalized spacial score (nSPS) is 21.0. The molecule has 2 aromatic heterocycles. The Hall–Kier alpha value is -1.15. The Morgan fingerprint density at radius 3 is 3.00 bits per heavy atom. The predicted octanol–water partition coefficient (Wildman–Crippen LogP) is 1.24. The van der Waals surface area contributed by atoms with Crippen molar-refractivity contribution in [2.24, 2.45) is 5.14 Å². The van der Waals surface area contributed by atoms with E-state index in [0.29, 0.717) is 24.7 Å². The van der Waals surface area contributed by atoms with Crippen LogP contribution in [0.1, 0.15) is 18.5 Å². The van der Waals surface area contributed by atoms with Crippen molar-refractivity contribution in [2.75, 3.05) is 13.1 Å². The Bertz CT molecular complexity index is 759.